The van der Waals surface area contributed by atoms with E-state index in [1.54, 1.807) is 12.3 Å². The van der Waals surface area contributed by atoms with Gasteiger partial charge in [-0.3, -0.25) is 4.99 Å². The van der Waals surface area contributed by atoms with Gasteiger partial charge in [0.15, 0.2) is 0 Å². The van der Waals surface area contributed by atoms with E-state index in [9.17, 15) is 4.79 Å². The molecule has 0 bridgehead atoms. The van der Waals surface area contributed by atoms with Crippen LogP contribution in [0.4, 0.5) is 0 Å². The molecule has 0 fully saturated rings. The van der Waals surface area contributed by atoms with E-state index in [2.05, 4.69) is 23.2 Å². The molecule has 0 aliphatic carbocycles. The van der Waals surface area contributed by atoms with Crippen molar-refractivity contribution >= 4 is 23.0 Å². The lowest BCUT2D eigenvalue weighted by Crippen LogP contribution is -2.27. The van der Waals surface area contributed by atoms with Crippen molar-refractivity contribution < 1.29 is 9.90 Å². The van der Waals surface area contributed by atoms with E-state index in [1.807, 2.05) is 36.4 Å². The lowest BCUT2D eigenvalue weighted by Gasteiger charge is -2.29. The Morgan fingerprint density at radius 3 is 2.76 bits per heavy atom. The van der Waals surface area contributed by atoms with E-state index in [0.29, 0.717) is 6.54 Å². The molecule has 3 rings (SSSR count). The van der Waals surface area contributed by atoms with Crippen LogP contribution in [0.3, 0.4) is 0 Å². The molecule has 1 aliphatic heterocycles. The van der Waals surface area contributed by atoms with E-state index in [0.717, 1.165) is 16.3 Å². The molecule has 2 aromatic rings. The third-order valence-corrected chi connectivity index (χ3v) is 3.75. The summed E-state index contributed by atoms with van der Waals surface area (Å²) in [5.41, 5.74) is 0.569. The number of hydrogen-bond donors (Lipinski definition) is 1. The highest BCUT2D eigenvalue weighted by molar-refractivity contribution is 5.89. The van der Waals surface area contributed by atoms with Crippen molar-refractivity contribution in [3.8, 4) is 0 Å². The van der Waals surface area contributed by atoms with Gasteiger partial charge in [-0.15, -0.1) is 0 Å². The summed E-state index contributed by atoms with van der Waals surface area (Å²) in [7, 11) is 0. The highest BCUT2D eigenvalue weighted by Crippen LogP contribution is 2.35. The smallest absolute Gasteiger partial charge is 0.328 e. The quantitative estimate of drug-likeness (QED) is 0.875. The number of nitrogens with zero attached hydrogens (tertiary/aromatic N) is 1. The van der Waals surface area contributed by atoms with Crippen LogP contribution in [0.2, 0.25) is 0 Å². The summed E-state index contributed by atoms with van der Waals surface area (Å²) in [5, 5.41) is 11.2. The molecule has 2 aromatic carbocycles. The largest absolute Gasteiger partial charge is 0.478 e. The minimum absolute atomic E-state index is 0.506. The van der Waals surface area contributed by atoms with Gasteiger partial charge in [0.25, 0.3) is 0 Å². The Bertz CT molecular complexity index is 768. The minimum atomic E-state index is -0.947. The van der Waals surface area contributed by atoms with Gasteiger partial charge in [-0.2, -0.15) is 0 Å². The van der Waals surface area contributed by atoms with Gasteiger partial charge in [0, 0.05) is 12.3 Å². The van der Waals surface area contributed by atoms with Crippen molar-refractivity contribution in [1.82, 2.24) is 0 Å². The summed E-state index contributed by atoms with van der Waals surface area (Å²) in [6.07, 6.45) is 8.56. The normalized spacial score (nSPS) is 21.1. The molecular formula is C18H15NO2. The van der Waals surface area contributed by atoms with Crippen LogP contribution >= 0.6 is 0 Å². The van der Waals surface area contributed by atoms with E-state index < -0.39 is 11.4 Å². The number of aliphatic imine (C=N–C) groups is 1. The van der Waals surface area contributed by atoms with Gasteiger partial charge in [-0.25, -0.2) is 4.79 Å². The fourth-order valence-corrected chi connectivity index (χ4v) is 2.76. The van der Waals surface area contributed by atoms with Crippen LogP contribution in [0.5, 0.6) is 0 Å². The molecule has 21 heavy (non-hydrogen) atoms. The standard InChI is InChI=1S/C18H15NO2/c20-17(21)9-11-18(10-4-12-19-13-18)16-8-3-6-14-5-1-2-7-15(14)16/h1-12H,13H2,(H,20,21)/b11-9+. The molecule has 0 aromatic heterocycles. The zero-order valence-electron chi connectivity index (χ0n) is 11.4. The number of allylic oxidation sites excluding steroid dienone is 1. The Morgan fingerprint density at radius 2 is 2.00 bits per heavy atom. The predicted octanol–water partition coefficient (Wildman–Crippen LogP) is 3.36. The summed E-state index contributed by atoms with van der Waals surface area (Å²) < 4.78 is 0. The van der Waals surface area contributed by atoms with Crippen LogP contribution in [-0.2, 0) is 10.2 Å². The topological polar surface area (TPSA) is 49.7 Å². The van der Waals surface area contributed by atoms with Crippen LogP contribution in [0.25, 0.3) is 10.8 Å². The van der Waals surface area contributed by atoms with Crippen LogP contribution in [0.15, 0.2) is 71.8 Å². The molecular weight excluding hydrogens is 262 g/mol. The SMILES string of the molecule is O=C(O)/C=C/C1(c2cccc3ccccc23)C=CC=NC1. The van der Waals surface area contributed by atoms with Gasteiger partial charge in [-0.1, -0.05) is 54.6 Å². The number of hydrogen-bond acceptors (Lipinski definition) is 2. The molecule has 0 amide bonds. The van der Waals surface area contributed by atoms with Crippen molar-refractivity contribution in [2.75, 3.05) is 6.54 Å². The number of carbonyl (C=O) groups is 1. The summed E-state index contributed by atoms with van der Waals surface area (Å²) in [4.78, 5) is 15.3. The molecule has 1 N–H and O–H groups in total. The highest BCUT2D eigenvalue weighted by Gasteiger charge is 2.29. The number of rotatable bonds is 3. The van der Waals surface area contributed by atoms with E-state index >= 15 is 0 Å². The van der Waals surface area contributed by atoms with Crippen molar-refractivity contribution in [3.63, 3.8) is 0 Å². The molecule has 1 atom stereocenters. The van der Waals surface area contributed by atoms with E-state index in [-0.39, 0.29) is 0 Å². The molecule has 1 heterocycles. The number of carboxylic acids is 1. The second-order valence-electron chi connectivity index (χ2n) is 5.09. The monoisotopic (exact) mass is 277 g/mol. The molecule has 0 saturated carbocycles. The molecule has 104 valence electrons. The van der Waals surface area contributed by atoms with Crippen LogP contribution in [0.1, 0.15) is 5.56 Å². The first-order chi connectivity index (χ1) is 10.2. The first-order valence-electron chi connectivity index (χ1n) is 6.79. The third-order valence-electron chi connectivity index (χ3n) is 3.75. The van der Waals surface area contributed by atoms with Crippen LogP contribution < -0.4 is 0 Å². The maximum Gasteiger partial charge on any atom is 0.328 e. The summed E-state index contributed by atoms with van der Waals surface area (Å²) >= 11 is 0. The number of dihydropyridines is 1. The maximum absolute atomic E-state index is 10.9. The summed E-state index contributed by atoms with van der Waals surface area (Å²) in [6, 6.07) is 14.2. The first kappa shape index (κ1) is 13.3. The minimum Gasteiger partial charge on any atom is -0.478 e. The van der Waals surface area contributed by atoms with Crippen molar-refractivity contribution in [1.29, 1.82) is 0 Å². The predicted molar refractivity (Wildman–Crippen MR) is 84.9 cm³/mol. The van der Waals surface area contributed by atoms with Crippen LogP contribution in [-0.4, -0.2) is 23.8 Å². The average molecular weight is 277 g/mol. The molecule has 0 spiro atoms. The fraction of sp³-hybridized carbons (Fsp3) is 0.111. The Kier molecular flexibility index (Phi) is 3.40. The van der Waals surface area contributed by atoms with Gasteiger partial charge in [0.2, 0.25) is 0 Å². The Hall–Kier alpha value is -2.68. The molecule has 3 nitrogen and oxygen atoms in total. The number of benzene rings is 2. The number of carboxylic acid groups (broad SMARTS) is 1. The van der Waals surface area contributed by atoms with E-state index in [1.165, 1.54) is 6.08 Å². The third kappa shape index (κ3) is 2.50. The highest BCUT2D eigenvalue weighted by atomic mass is 16.4. The molecule has 0 saturated heterocycles. The van der Waals surface area contributed by atoms with Crippen molar-refractivity contribution in [2.24, 2.45) is 4.99 Å². The second kappa shape index (κ2) is 5.37. The molecule has 1 aliphatic rings. The average Bonchev–Trinajstić information content (AvgIpc) is 2.53. The number of fused-ring (bicyclic) bond motifs is 1. The number of aliphatic carboxylic acids is 1. The van der Waals surface area contributed by atoms with Crippen molar-refractivity contribution in [3.05, 3.63) is 72.3 Å². The lowest BCUT2D eigenvalue weighted by molar-refractivity contribution is -0.131. The Balaban J connectivity index is 2.22. The summed E-state index contributed by atoms with van der Waals surface area (Å²) in [6.45, 7) is 0.515. The zero-order chi connectivity index (χ0) is 14.7. The van der Waals surface area contributed by atoms with Gasteiger partial charge < -0.3 is 5.11 Å². The van der Waals surface area contributed by atoms with Crippen LogP contribution in [0, 0.1) is 0 Å². The zero-order valence-corrected chi connectivity index (χ0v) is 11.4. The van der Waals surface area contributed by atoms with E-state index in [4.69, 9.17) is 5.11 Å². The first-order valence-corrected chi connectivity index (χ1v) is 6.79. The van der Waals surface area contributed by atoms with Gasteiger partial charge in [0.05, 0.1) is 12.0 Å². The summed E-state index contributed by atoms with van der Waals surface area (Å²) in [5.74, 6) is -0.947. The second-order valence-corrected chi connectivity index (χ2v) is 5.09. The van der Waals surface area contributed by atoms with Gasteiger partial charge >= 0.3 is 5.97 Å². The van der Waals surface area contributed by atoms with Gasteiger partial charge in [0.1, 0.15) is 0 Å². The lowest BCUT2D eigenvalue weighted by atomic mass is 9.76. The maximum atomic E-state index is 10.9. The van der Waals surface area contributed by atoms with Gasteiger partial charge in [-0.05, 0) is 22.4 Å². The fourth-order valence-electron chi connectivity index (χ4n) is 2.76. The molecule has 1 unspecified atom stereocenters. The molecule has 0 radical (unpaired) electrons. The Labute approximate surface area is 122 Å². The Morgan fingerprint density at radius 1 is 1.19 bits per heavy atom. The molecule has 3 heteroatoms. The van der Waals surface area contributed by atoms with Crippen molar-refractivity contribution in [2.45, 2.75) is 5.41 Å².